The third kappa shape index (κ3) is 29.6. The highest BCUT2D eigenvalue weighted by Gasteiger charge is 2.40. The Hall–Kier alpha value is 0.171. The van der Waals surface area contributed by atoms with E-state index in [-0.39, 0.29) is 6.61 Å². The van der Waals surface area contributed by atoms with Gasteiger partial charge in [-0.2, -0.15) is 0 Å². The number of ether oxygens (including phenoxy) is 9. The highest BCUT2D eigenvalue weighted by atomic mass is 28.5. The van der Waals surface area contributed by atoms with Crippen LogP contribution >= 0.6 is 0 Å². The SMILES string of the molecule is CC(C)[Si](C)(C)O[Si](C)(CCCOCCOCCOCCOCCOCCOCCOCCOCCOCCO)O[Si](C)C. The maximum Gasteiger partial charge on any atom is 0.314 e. The molecule has 0 amide bonds. The van der Waals surface area contributed by atoms with Gasteiger partial charge < -0.3 is 56.0 Å². The highest BCUT2D eigenvalue weighted by Crippen LogP contribution is 2.29. The van der Waals surface area contributed by atoms with Crippen LogP contribution in [0, 0.1) is 0 Å². The molecule has 1 atom stereocenters. The van der Waals surface area contributed by atoms with Gasteiger partial charge in [-0.25, -0.2) is 0 Å². The summed E-state index contributed by atoms with van der Waals surface area (Å²) < 4.78 is 62.3. The lowest BCUT2D eigenvalue weighted by Crippen LogP contribution is -2.51. The fraction of sp³-hybridized carbons (Fsp3) is 1.00. The van der Waals surface area contributed by atoms with Gasteiger partial charge in [0.1, 0.15) is 0 Å². The van der Waals surface area contributed by atoms with E-state index in [0.717, 1.165) is 12.5 Å². The van der Waals surface area contributed by atoms with Crippen LogP contribution in [0.15, 0.2) is 0 Å². The maximum absolute atomic E-state index is 8.58. The minimum Gasteiger partial charge on any atom is -0.436 e. The van der Waals surface area contributed by atoms with Crippen LogP contribution in [0.2, 0.25) is 44.3 Å². The van der Waals surface area contributed by atoms with E-state index >= 15 is 0 Å². The minimum absolute atomic E-state index is 0.0281. The summed E-state index contributed by atoms with van der Waals surface area (Å²) in [5, 5.41) is 8.58. The molecule has 0 heterocycles. The minimum atomic E-state index is -2.19. The summed E-state index contributed by atoms with van der Waals surface area (Å²) in [6.07, 6.45) is 0.945. The molecule has 0 bridgehead atoms. The average molecular weight is 690 g/mol. The summed E-state index contributed by atoms with van der Waals surface area (Å²) in [5.74, 6) is 0. The second kappa shape index (κ2) is 30.5. The van der Waals surface area contributed by atoms with Gasteiger partial charge in [-0.1, -0.05) is 13.8 Å². The predicted molar refractivity (Wildman–Crippen MR) is 178 cm³/mol. The quantitative estimate of drug-likeness (QED) is 0.0775. The molecular formula is C29H65O12Si3. The topological polar surface area (TPSA) is 122 Å². The van der Waals surface area contributed by atoms with Gasteiger partial charge in [0, 0.05) is 6.61 Å². The van der Waals surface area contributed by atoms with E-state index < -0.39 is 25.9 Å². The van der Waals surface area contributed by atoms with E-state index in [0.29, 0.717) is 124 Å². The van der Waals surface area contributed by atoms with Crippen LogP contribution in [0.1, 0.15) is 20.3 Å². The Kier molecular flexibility index (Phi) is 30.6. The molecule has 1 N–H and O–H groups in total. The first-order valence-corrected chi connectivity index (χ1v) is 24.0. The van der Waals surface area contributed by atoms with Crippen molar-refractivity contribution in [3.05, 3.63) is 0 Å². The van der Waals surface area contributed by atoms with Gasteiger partial charge in [0.15, 0.2) is 17.4 Å². The Labute approximate surface area is 271 Å². The molecule has 0 saturated heterocycles. The Balaban J connectivity index is 3.40. The summed E-state index contributed by atoms with van der Waals surface area (Å²) >= 11 is 0. The van der Waals surface area contributed by atoms with Crippen LogP contribution in [-0.4, -0.2) is 157 Å². The molecule has 0 aliphatic heterocycles. The third-order valence-corrected chi connectivity index (χ3v) is 17.7. The van der Waals surface area contributed by atoms with Crippen molar-refractivity contribution in [1.29, 1.82) is 0 Å². The fourth-order valence-electron chi connectivity index (χ4n) is 3.65. The van der Waals surface area contributed by atoms with Crippen LogP contribution in [0.25, 0.3) is 0 Å². The van der Waals surface area contributed by atoms with Crippen molar-refractivity contribution in [1.82, 2.24) is 0 Å². The van der Waals surface area contributed by atoms with Crippen LogP contribution in [0.5, 0.6) is 0 Å². The lowest BCUT2D eigenvalue weighted by atomic mass is 10.5. The molecule has 0 rings (SSSR count). The van der Waals surface area contributed by atoms with Crippen molar-refractivity contribution in [3.8, 4) is 0 Å². The second-order valence-corrected chi connectivity index (χ2v) is 21.9. The zero-order valence-corrected chi connectivity index (χ0v) is 31.9. The standard InChI is InChI=1S/C29H65O12Si3/c1-29(2)43(5,6)41-44(7,40-42(3)4)28-8-10-31-12-14-33-16-18-35-20-22-37-24-26-39-27-25-38-23-21-36-19-17-34-15-13-32-11-9-30/h29-30H,8-28H2,1-7H3. The molecule has 1 unspecified atom stereocenters. The molecular weight excluding hydrogens is 625 g/mol. The van der Waals surface area contributed by atoms with Gasteiger partial charge >= 0.3 is 8.56 Å². The summed E-state index contributed by atoms with van der Waals surface area (Å²) in [7, 11) is -4.76. The zero-order valence-electron chi connectivity index (χ0n) is 28.9. The molecule has 1 radical (unpaired) electrons. The van der Waals surface area contributed by atoms with Crippen LogP contribution in [0.3, 0.4) is 0 Å². The summed E-state index contributed by atoms with van der Waals surface area (Å²) in [6, 6.07) is 0.961. The summed E-state index contributed by atoms with van der Waals surface area (Å²) in [4.78, 5) is 0. The van der Waals surface area contributed by atoms with Crippen molar-refractivity contribution in [3.63, 3.8) is 0 Å². The van der Waals surface area contributed by atoms with E-state index in [1.807, 2.05) is 0 Å². The maximum atomic E-state index is 8.58. The van der Waals surface area contributed by atoms with Gasteiger partial charge in [-0.15, -0.1) is 0 Å². The van der Waals surface area contributed by atoms with E-state index in [9.17, 15) is 0 Å². The Morgan fingerprint density at radius 3 is 1.07 bits per heavy atom. The monoisotopic (exact) mass is 689 g/mol. The molecule has 0 saturated carbocycles. The van der Waals surface area contributed by atoms with Crippen molar-refractivity contribution in [2.75, 3.05) is 126 Å². The van der Waals surface area contributed by atoms with Crippen LogP contribution < -0.4 is 0 Å². The molecule has 0 aliphatic rings. The molecule has 0 fully saturated rings. The first kappa shape index (κ1) is 44.2. The molecule has 0 aliphatic carbocycles. The fourth-order valence-corrected chi connectivity index (χ4v) is 14.6. The lowest BCUT2D eigenvalue weighted by Gasteiger charge is -2.39. The highest BCUT2D eigenvalue weighted by molar-refractivity contribution is 6.85. The Morgan fingerprint density at radius 1 is 0.500 bits per heavy atom. The molecule has 12 nitrogen and oxygen atoms in total. The molecule has 44 heavy (non-hydrogen) atoms. The predicted octanol–water partition coefficient (Wildman–Crippen LogP) is 3.49. The largest absolute Gasteiger partial charge is 0.436 e. The molecule has 0 aromatic heterocycles. The zero-order chi connectivity index (χ0) is 32.8. The van der Waals surface area contributed by atoms with Gasteiger partial charge in [0.2, 0.25) is 0 Å². The molecule has 265 valence electrons. The molecule has 15 heteroatoms. The van der Waals surface area contributed by atoms with E-state index in [1.54, 1.807) is 0 Å². The van der Waals surface area contributed by atoms with E-state index in [2.05, 4.69) is 46.6 Å². The Morgan fingerprint density at radius 2 is 0.795 bits per heavy atom. The molecule has 0 aromatic rings. The number of rotatable bonds is 35. The van der Waals surface area contributed by atoms with Crippen LogP contribution in [-0.2, 0) is 50.9 Å². The van der Waals surface area contributed by atoms with Gasteiger partial charge in [-0.05, 0) is 50.7 Å². The van der Waals surface area contributed by atoms with Crippen molar-refractivity contribution in [2.45, 2.75) is 64.6 Å². The number of aliphatic hydroxyl groups is 1. The normalized spacial score (nSPS) is 13.8. The average Bonchev–Trinajstić information content (AvgIpc) is 2.95. The summed E-state index contributed by atoms with van der Waals surface area (Å²) in [5.41, 5.74) is 0.565. The van der Waals surface area contributed by atoms with Crippen molar-refractivity contribution >= 4 is 25.9 Å². The molecule has 0 aromatic carbocycles. The first-order valence-electron chi connectivity index (χ1n) is 16.1. The Bertz CT molecular complexity index is 608. The summed E-state index contributed by atoms with van der Waals surface area (Å²) in [6.45, 7) is 25.1. The smallest absolute Gasteiger partial charge is 0.314 e. The van der Waals surface area contributed by atoms with Crippen LogP contribution in [0.4, 0.5) is 0 Å². The lowest BCUT2D eigenvalue weighted by molar-refractivity contribution is -0.0255. The third-order valence-electron chi connectivity index (χ3n) is 6.42. The van der Waals surface area contributed by atoms with Gasteiger partial charge in [0.25, 0.3) is 0 Å². The van der Waals surface area contributed by atoms with E-state index in [4.69, 9.17) is 56.0 Å². The number of hydrogen-bond donors (Lipinski definition) is 1. The van der Waals surface area contributed by atoms with Gasteiger partial charge in [-0.3, -0.25) is 0 Å². The van der Waals surface area contributed by atoms with Gasteiger partial charge in [0.05, 0.1) is 119 Å². The molecule has 0 spiro atoms. The van der Waals surface area contributed by atoms with Crippen molar-refractivity contribution < 1.29 is 56.0 Å². The first-order chi connectivity index (χ1) is 21.1. The van der Waals surface area contributed by atoms with E-state index in [1.165, 1.54) is 0 Å². The number of aliphatic hydroxyl groups excluding tert-OH is 1. The second-order valence-electron chi connectivity index (χ2n) is 11.3. The van der Waals surface area contributed by atoms with Crippen molar-refractivity contribution in [2.24, 2.45) is 0 Å². The number of hydrogen-bond acceptors (Lipinski definition) is 12.